The molecule has 1 aromatic heterocycles. The molecule has 2 aliphatic rings. The van der Waals surface area contributed by atoms with E-state index in [0.717, 1.165) is 0 Å². The number of piperidine rings is 1. The lowest BCUT2D eigenvalue weighted by molar-refractivity contribution is -0.142. The van der Waals surface area contributed by atoms with Crippen molar-refractivity contribution >= 4 is 22.6 Å². The molecule has 25 heavy (non-hydrogen) atoms. The van der Waals surface area contributed by atoms with Crippen LogP contribution in [-0.4, -0.2) is 52.9 Å². The molecule has 0 bridgehead atoms. The summed E-state index contributed by atoms with van der Waals surface area (Å²) in [7, 11) is 0. The van der Waals surface area contributed by atoms with E-state index < -0.39 is 5.92 Å². The number of anilines is 1. The highest BCUT2D eigenvalue weighted by Crippen LogP contribution is 2.32. The van der Waals surface area contributed by atoms with Crippen molar-refractivity contribution in [3.63, 3.8) is 0 Å². The van der Waals surface area contributed by atoms with Crippen molar-refractivity contribution in [3.05, 3.63) is 30.3 Å². The summed E-state index contributed by atoms with van der Waals surface area (Å²) in [5.41, 5.74) is 0.638. The first-order valence-corrected chi connectivity index (χ1v) is 8.25. The average molecular weight is 350 g/mol. The monoisotopic (exact) mass is 350 g/mol. The largest absolute Gasteiger partial charge is 0.354 e. The van der Waals surface area contributed by atoms with Crippen LogP contribution in [0.15, 0.2) is 24.5 Å². The second-order valence-corrected chi connectivity index (χ2v) is 6.64. The molecule has 0 atom stereocenters. The molecule has 0 N–H and O–H groups in total. The summed E-state index contributed by atoms with van der Waals surface area (Å²) < 4.78 is 39.9. The molecule has 1 aromatic carbocycles. The van der Waals surface area contributed by atoms with Gasteiger partial charge in [-0.05, 0) is 18.2 Å². The molecular formula is C17H17F3N4O. The fraction of sp³-hybridized carbons (Fsp3) is 0.471. The molecule has 2 saturated heterocycles. The highest BCUT2D eigenvalue weighted by molar-refractivity contribution is 5.91. The van der Waals surface area contributed by atoms with E-state index >= 15 is 0 Å². The predicted molar refractivity (Wildman–Crippen MR) is 86.0 cm³/mol. The van der Waals surface area contributed by atoms with E-state index in [1.807, 2.05) is 4.90 Å². The van der Waals surface area contributed by atoms with Crippen molar-refractivity contribution in [2.75, 3.05) is 31.1 Å². The third kappa shape index (κ3) is 3.01. The maximum absolute atomic E-state index is 13.5. The van der Waals surface area contributed by atoms with Gasteiger partial charge < -0.3 is 9.80 Å². The summed E-state index contributed by atoms with van der Waals surface area (Å²) in [5, 5.41) is 0.603. The Morgan fingerprint density at radius 3 is 2.60 bits per heavy atom. The van der Waals surface area contributed by atoms with Gasteiger partial charge in [0.2, 0.25) is 5.91 Å². The Morgan fingerprint density at radius 2 is 1.88 bits per heavy atom. The summed E-state index contributed by atoms with van der Waals surface area (Å²) in [6.07, 6.45) is 0.868. The van der Waals surface area contributed by atoms with Crippen molar-refractivity contribution in [2.24, 2.45) is 5.92 Å². The Labute approximate surface area is 142 Å². The quantitative estimate of drug-likeness (QED) is 0.835. The number of likely N-dealkylation sites (tertiary alicyclic amines) is 1. The maximum Gasteiger partial charge on any atom is 0.251 e. The van der Waals surface area contributed by atoms with E-state index in [4.69, 9.17) is 0 Å². The summed E-state index contributed by atoms with van der Waals surface area (Å²) >= 11 is 0. The third-order valence-corrected chi connectivity index (χ3v) is 4.91. The smallest absolute Gasteiger partial charge is 0.251 e. The second-order valence-electron chi connectivity index (χ2n) is 6.64. The summed E-state index contributed by atoms with van der Waals surface area (Å²) in [6, 6.07) is 4.31. The van der Waals surface area contributed by atoms with Gasteiger partial charge in [-0.1, -0.05) is 0 Å². The van der Waals surface area contributed by atoms with Crippen LogP contribution in [0.5, 0.6) is 0 Å². The van der Waals surface area contributed by atoms with Crippen molar-refractivity contribution < 1.29 is 18.0 Å². The van der Waals surface area contributed by atoms with Crippen molar-refractivity contribution in [1.29, 1.82) is 0 Å². The normalized spacial score (nSPS) is 20.6. The van der Waals surface area contributed by atoms with Crippen LogP contribution in [0.2, 0.25) is 0 Å². The lowest BCUT2D eigenvalue weighted by Gasteiger charge is -2.43. The molecule has 5 nitrogen and oxygen atoms in total. The molecule has 8 heteroatoms. The number of carbonyl (C=O) groups is 1. The van der Waals surface area contributed by atoms with Gasteiger partial charge in [-0.15, -0.1) is 0 Å². The highest BCUT2D eigenvalue weighted by atomic mass is 19.3. The minimum atomic E-state index is -2.66. The third-order valence-electron chi connectivity index (χ3n) is 4.91. The fourth-order valence-corrected chi connectivity index (χ4v) is 3.39. The first-order valence-electron chi connectivity index (χ1n) is 8.25. The Balaban J connectivity index is 1.44. The van der Waals surface area contributed by atoms with Gasteiger partial charge in [0, 0.05) is 44.4 Å². The Hall–Kier alpha value is -2.38. The van der Waals surface area contributed by atoms with Crippen molar-refractivity contribution in [2.45, 2.75) is 18.8 Å². The van der Waals surface area contributed by atoms with Crippen LogP contribution >= 0.6 is 0 Å². The molecule has 0 unspecified atom stereocenters. The summed E-state index contributed by atoms with van der Waals surface area (Å²) in [5.74, 6) is -2.75. The van der Waals surface area contributed by atoms with Crippen LogP contribution in [0.25, 0.3) is 10.9 Å². The number of fused-ring (bicyclic) bond motifs is 1. The first-order chi connectivity index (χ1) is 11.9. The van der Waals surface area contributed by atoms with Crippen LogP contribution in [-0.2, 0) is 4.79 Å². The molecule has 2 fully saturated rings. The van der Waals surface area contributed by atoms with Gasteiger partial charge in [0.25, 0.3) is 5.92 Å². The summed E-state index contributed by atoms with van der Waals surface area (Å²) in [6.45, 7) is 1.11. The molecule has 4 rings (SSSR count). The molecule has 1 amide bonds. The number of carbonyl (C=O) groups excluding carboxylic acids is 1. The number of benzene rings is 1. The molecule has 0 spiro atoms. The minimum Gasteiger partial charge on any atom is -0.354 e. The zero-order chi connectivity index (χ0) is 17.6. The number of rotatable bonds is 2. The summed E-state index contributed by atoms with van der Waals surface area (Å²) in [4.78, 5) is 24.2. The van der Waals surface area contributed by atoms with Gasteiger partial charge in [-0.25, -0.2) is 23.1 Å². The standard InChI is InChI=1S/C17H17F3N4O/c18-12-1-2-14-13(7-12)15(22-10-21-14)24-8-11(9-24)16(25)23-5-3-17(19,20)4-6-23/h1-2,7,10-11H,3-6,8-9H2. The van der Waals surface area contributed by atoms with Gasteiger partial charge in [-0.2, -0.15) is 0 Å². The van der Waals surface area contributed by atoms with Gasteiger partial charge >= 0.3 is 0 Å². The van der Waals surface area contributed by atoms with Crippen LogP contribution in [0.4, 0.5) is 19.0 Å². The maximum atomic E-state index is 13.5. The van der Waals surface area contributed by atoms with Crippen molar-refractivity contribution in [1.82, 2.24) is 14.9 Å². The number of halogens is 3. The molecule has 0 saturated carbocycles. The number of alkyl halides is 2. The van der Waals surface area contributed by atoms with Crippen molar-refractivity contribution in [3.8, 4) is 0 Å². The Bertz CT molecular complexity index is 813. The Morgan fingerprint density at radius 1 is 1.16 bits per heavy atom. The first kappa shape index (κ1) is 16.1. The topological polar surface area (TPSA) is 49.3 Å². The number of hydrogen-bond acceptors (Lipinski definition) is 4. The Kier molecular flexibility index (Phi) is 3.77. The van der Waals surface area contributed by atoms with E-state index in [1.54, 1.807) is 6.07 Å². The molecule has 0 radical (unpaired) electrons. The van der Waals surface area contributed by atoms with Gasteiger partial charge in [0.05, 0.1) is 11.4 Å². The van der Waals surface area contributed by atoms with E-state index in [2.05, 4.69) is 9.97 Å². The van der Waals surface area contributed by atoms with E-state index in [9.17, 15) is 18.0 Å². The zero-order valence-electron chi connectivity index (χ0n) is 13.5. The molecular weight excluding hydrogens is 333 g/mol. The van der Waals surface area contributed by atoms with E-state index in [1.165, 1.54) is 23.4 Å². The molecule has 3 heterocycles. The van der Waals surface area contributed by atoms with Gasteiger partial charge in [0.15, 0.2) is 0 Å². The SMILES string of the molecule is O=C(C1CN(c2ncnc3ccc(F)cc23)C1)N1CCC(F)(F)CC1. The van der Waals surface area contributed by atoms with E-state index in [-0.39, 0.29) is 43.6 Å². The second kappa shape index (κ2) is 5.86. The van der Waals surface area contributed by atoms with E-state index in [0.29, 0.717) is 29.8 Å². The zero-order valence-corrected chi connectivity index (χ0v) is 13.5. The van der Waals surface area contributed by atoms with Gasteiger partial charge in [0.1, 0.15) is 18.0 Å². The fourth-order valence-electron chi connectivity index (χ4n) is 3.39. The lowest BCUT2D eigenvalue weighted by Crippen LogP contribution is -2.56. The predicted octanol–water partition coefficient (Wildman–Crippen LogP) is 2.46. The lowest BCUT2D eigenvalue weighted by atomic mass is 9.96. The van der Waals surface area contributed by atoms with Crippen LogP contribution < -0.4 is 4.90 Å². The highest BCUT2D eigenvalue weighted by Gasteiger charge is 2.41. The molecule has 2 aliphatic heterocycles. The molecule has 132 valence electrons. The number of nitrogens with zero attached hydrogens (tertiary/aromatic N) is 4. The van der Waals surface area contributed by atoms with Crippen LogP contribution in [0.3, 0.4) is 0 Å². The number of hydrogen-bond donors (Lipinski definition) is 0. The van der Waals surface area contributed by atoms with Crippen LogP contribution in [0, 0.1) is 11.7 Å². The molecule has 0 aliphatic carbocycles. The average Bonchev–Trinajstić information content (AvgIpc) is 2.53. The van der Waals surface area contributed by atoms with Gasteiger partial charge in [-0.3, -0.25) is 4.79 Å². The number of aromatic nitrogens is 2. The molecule has 2 aromatic rings. The minimum absolute atomic E-state index is 0.0868. The van der Waals surface area contributed by atoms with Crippen LogP contribution in [0.1, 0.15) is 12.8 Å². The number of amides is 1.